The van der Waals surface area contributed by atoms with E-state index in [1.807, 2.05) is 6.92 Å². The number of halogens is 1. The van der Waals surface area contributed by atoms with E-state index < -0.39 is 39.1 Å². The minimum absolute atomic E-state index is 0.0513. The number of nitrogens with zero attached hydrogens (tertiary/aromatic N) is 1. The van der Waals surface area contributed by atoms with Crippen LogP contribution in [0.15, 0.2) is 51.7 Å². The van der Waals surface area contributed by atoms with Crippen LogP contribution in [0.5, 0.6) is 0 Å². The van der Waals surface area contributed by atoms with E-state index in [0.29, 0.717) is 5.39 Å². The predicted octanol–water partition coefficient (Wildman–Crippen LogP) is 2.97. The maximum absolute atomic E-state index is 14.8. The largest absolute Gasteiger partial charge is 0.450 e. The van der Waals surface area contributed by atoms with Crippen molar-refractivity contribution in [2.24, 2.45) is 0 Å². The number of carbonyl (C=O) groups is 1. The Morgan fingerprint density at radius 3 is 2.60 bits per heavy atom. The first-order chi connectivity index (χ1) is 14.3. The van der Waals surface area contributed by atoms with Crippen molar-refractivity contribution in [1.82, 2.24) is 4.90 Å². The van der Waals surface area contributed by atoms with E-state index in [2.05, 4.69) is 0 Å². The molecule has 5 rings (SSSR count). The molecule has 154 valence electrons. The Labute approximate surface area is 171 Å². The molecule has 0 saturated carbocycles. The third kappa shape index (κ3) is 2.78. The Hall–Kier alpha value is -3.00. The van der Waals surface area contributed by atoms with E-state index in [0.717, 1.165) is 5.56 Å². The number of hydrogen-bond donors (Lipinski definition) is 0. The first-order valence-corrected chi connectivity index (χ1v) is 11.4. The summed E-state index contributed by atoms with van der Waals surface area (Å²) >= 11 is 0. The summed E-state index contributed by atoms with van der Waals surface area (Å²) in [5, 5.41) is 0.309. The monoisotopic (exact) mass is 427 g/mol. The maximum Gasteiger partial charge on any atom is 0.291 e. The highest BCUT2D eigenvalue weighted by Crippen LogP contribution is 2.42. The first kappa shape index (κ1) is 19.0. The van der Waals surface area contributed by atoms with Gasteiger partial charge in [-0.1, -0.05) is 29.8 Å². The van der Waals surface area contributed by atoms with Gasteiger partial charge < -0.3 is 9.32 Å². The molecule has 1 amide bonds. The van der Waals surface area contributed by atoms with Gasteiger partial charge >= 0.3 is 0 Å². The lowest BCUT2D eigenvalue weighted by atomic mass is 9.97. The average molecular weight is 427 g/mol. The molecular formula is C22H18FNO5S. The fraction of sp³-hybridized carbons (Fsp3) is 0.273. The molecule has 0 aliphatic carbocycles. The van der Waals surface area contributed by atoms with E-state index in [-0.39, 0.29) is 40.4 Å². The Morgan fingerprint density at radius 2 is 1.90 bits per heavy atom. The third-order valence-corrected chi connectivity index (χ3v) is 7.61. The van der Waals surface area contributed by atoms with Crippen LogP contribution in [0, 0.1) is 12.7 Å². The lowest BCUT2D eigenvalue weighted by Crippen LogP contribution is -2.40. The smallest absolute Gasteiger partial charge is 0.291 e. The standard InChI is InChI=1S/C22H18FNO5S/c1-12-6-7-17-15(10-12)20(25)18-19(14-4-2-3-5-16(14)23)24(22(26)21(18)29-17)13-8-9-30(27,28)11-13/h2-7,10,13,19H,8-9,11H2,1H3. The van der Waals surface area contributed by atoms with Crippen LogP contribution in [0.4, 0.5) is 4.39 Å². The number of fused-ring (bicyclic) bond motifs is 2. The molecule has 1 aromatic heterocycles. The highest BCUT2D eigenvalue weighted by Gasteiger charge is 2.49. The van der Waals surface area contributed by atoms with E-state index in [1.54, 1.807) is 24.3 Å². The Bertz CT molecular complexity index is 1380. The number of rotatable bonds is 2. The summed E-state index contributed by atoms with van der Waals surface area (Å²) in [6.45, 7) is 1.83. The first-order valence-electron chi connectivity index (χ1n) is 9.62. The summed E-state index contributed by atoms with van der Waals surface area (Å²) in [5.41, 5.74) is 0.923. The second-order valence-corrected chi connectivity index (χ2v) is 10.1. The van der Waals surface area contributed by atoms with Gasteiger partial charge in [-0.25, -0.2) is 12.8 Å². The Balaban J connectivity index is 1.79. The molecule has 3 heterocycles. The van der Waals surface area contributed by atoms with Crippen LogP contribution in [0.2, 0.25) is 0 Å². The molecule has 0 spiro atoms. The van der Waals surface area contributed by atoms with Crippen molar-refractivity contribution in [3.63, 3.8) is 0 Å². The highest BCUT2D eigenvalue weighted by atomic mass is 32.2. The van der Waals surface area contributed by atoms with Gasteiger partial charge in [0.25, 0.3) is 5.91 Å². The van der Waals surface area contributed by atoms with E-state index >= 15 is 0 Å². The molecule has 6 nitrogen and oxygen atoms in total. The third-order valence-electron chi connectivity index (χ3n) is 5.86. The number of hydrogen-bond acceptors (Lipinski definition) is 5. The maximum atomic E-state index is 14.8. The van der Waals surface area contributed by atoms with Crippen LogP contribution < -0.4 is 5.43 Å². The second-order valence-electron chi connectivity index (χ2n) is 7.87. The van der Waals surface area contributed by atoms with Crippen molar-refractivity contribution in [3.8, 4) is 0 Å². The van der Waals surface area contributed by atoms with Gasteiger partial charge in [-0.15, -0.1) is 0 Å². The molecule has 2 unspecified atom stereocenters. The molecule has 1 fully saturated rings. The van der Waals surface area contributed by atoms with Gasteiger partial charge in [0.05, 0.1) is 28.5 Å². The quantitative estimate of drug-likeness (QED) is 0.628. The lowest BCUT2D eigenvalue weighted by Gasteiger charge is -2.30. The number of amides is 1. The Morgan fingerprint density at radius 1 is 1.13 bits per heavy atom. The minimum Gasteiger partial charge on any atom is -0.450 e. The molecule has 30 heavy (non-hydrogen) atoms. The molecule has 8 heteroatoms. The van der Waals surface area contributed by atoms with Crippen molar-refractivity contribution in [1.29, 1.82) is 0 Å². The van der Waals surface area contributed by atoms with Crippen molar-refractivity contribution in [2.75, 3.05) is 11.5 Å². The van der Waals surface area contributed by atoms with Crippen molar-refractivity contribution >= 4 is 26.7 Å². The fourth-order valence-corrected chi connectivity index (χ4v) is 6.19. The van der Waals surface area contributed by atoms with E-state index in [4.69, 9.17) is 4.42 Å². The summed E-state index contributed by atoms with van der Waals surface area (Å²) in [6, 6.07) is 9.30. The molecule has 0 N–H and O–H groups in total. The summed E-state index contributed by atoms with van der Waals surface area (Å²) in [5.74, 6) is -1.57. The van der Waals surface area contributed by atoms with Crippen molar-refractivity contribution < 1.29 is 22.0 Å². The SMILES string of the molecule is Cc1ccc2oc3c(c(=O)c2c1)C(c1ccccc1F)N(C1CCS(=O)(=O)C1)C3=O. The van der Waals surface area contributed by atoms with Gasteiger partial charge in [0.15, 0.2) is 15.3 Å². The van der Waals surface area contributed by atoms with Gasteiger partial charge in [0.1, 0.15) is 11.4 Å². The number of benzene rings is 2. The number of aryl methyl sites for hydroxylation is 1. The second kappa shape index (κ2) is 6.50. The van der Waals surface area contributed by atoms with Crippen LogP contribution in [-0.4, -0.2) is 36.8 Å². The molecule has 2 atom stereocenters. The number of carbonyl (C=O) groups excluding carboxylic acids is 1. The van der Waals surface area contributed by atoms with Crippen LogP contribution in [0.25, 0.3) is 11.0 Å². The summed E-state index contributed by atoms with van der Waals surface area (Å²) in [4.78, 5) is 28.1. The molecule has 2 aliphatic rings. The van der Waals surface area contributed by atoms with Gasteiger partial charge in [0.2, 0.25) is 5.76 Å². The van der Waals surface area contributed by atoms with Crippen LogP contribution >= 0.6 is 0 Å². The predicted molar refractivity (Wildman–Crippen MR) is 109 cm³/mol. The molecule has 2 aromatic carbocycles. The molecule has 0 radical (unpaired) electrons. The van der Waals surface area contributed by atoms with Crippen LogP contribution in [-0.2, 0) is 9.84 Å². The lowest BCUT2D eigenvalue weighted by molar-refractivity contribution is 0.0660. The average Bonchev–Trinajstić information content (AvgIpc) is 3.20. The van der Waals surface area contributed by atoms with E-state index in [9.17, 15) is 22.4 Å². The zero-order valence-corrected chi connectivity index (χ0v) is 16.9. The van der Waals surface area contributed by atoms with Gasteiger partial charge in [-0.3, -0.25) is 9.59 Å². The zero-order chi connectivity index (χ0) is 21.2. The number of sulfone groups is 1. The fourth-order valence-electron chi connectivity index (χ4n) is 4.48. The topological polar surface area (TPSA) is 84.7 Å². The van der Waals surface area contributed by atoms with Crippen molar-refractivity contribution in [2.45, 2.75) is 25.4 Å². The minimum atomic E-state index is -3.31. The van der Waals surface area contributed by atoms with Crippen LogP contribution in [0.1, 0.15) is 39.7 Å². The highest BCUT2D eigenvalue weighted by molar-refractivity contribution is 7.91. The van der Waals surface area contributed by atoms with Crippen molar-refractivity contribution in [3.05, 3.63) is 81.0 Å². The van der Waals surface area contributed by atoms with Gasteiger partial charge in [0, 0.05) is 11.6 Å². The molecule has 0 bridgehead atoms. The molecular weight excluding hydrogens is 409 g/mol. The van der Waals surface area contributed by atoms with Crippen LogP contribution in [0.3, 0.4) is 0 Å². The van der Waals surface area contributed by atoms with Gasteiger partial charge in [-0.05, 0) is 31.5 Å². The molecule has 3 aromatic rings. The Kier molecular flexibility index (Phi) is 4.12. The molecule has 1 saturated heterocycles. The molecule has 2 aliphatic heterocycles. The normalized spacial score (nSPS) is 22.6. The summed E-state index contributed by atoms with van der Waals surface area (Å²) in [7, 11) is -3.31. The summed E-state index contributed by atoms with van der Waals surface area (Å²) < 4.78 is 44.8. The van der Waals surface area contributed by atoms with E-state index in [1.165, 1.54) is 23.1 Å². The van der Waals surface area contributed by atoms with Gasteiger partial charge in [-0.2, -0.15) is 0 Å². The summed E-state index contributed by atoms with van der Waals surface area (Å²) in [6.07, 6.45) is 0.236. The zero-order valence-electron chi connectivity index (χ0n) is 16.1.